The smallest absolute Gasteiger partial charge is 0.420 e. The van der Waals surface area contributed by atoms with Crippen LogP contribution in [0.1, 0.15) is 58.6 Å². The number of likely N-dealkylation sites (tertiary alicyclic amines) is 1. The van der Waals surface area contributed by atoms with Crippen molar-refractivity contribution in [1.82, 2.24) is 9.88 Å². The van der Waals surface area contributed by atoms with Crippen molar-refractivity contribution in [2.75, 3.05) is 18.0 Å². The summed E-state index contributed by atoms with van der Waals surface area (Å²) in [6.07, 6.45) is 5.03. The average molecular weight is 382 g/mol. The summed E-state index contributed by atoms with van der Waals surface area (Å²) in [4.78, 5) is 21.6. The predicted molar refractivity (Wildman–Crippen MR) is 113 cm³/mol. The fourth-order valence-corrected chi connectivity index (χ4v) is 3.70. The van der Waals surface area contributed by atoms with Gasteiger partial charge in [0.25, 0.3) is 0 Å². The molecule has 1 amide bonds. The highest BCUT2D eigenvalue weighted by Gasteiger charge is 2.28. The van der Waals surface area contributed by atoms with Gasteiger partial charge in [-0.25, -0.2) is 14.7 Å². The highest BCUT2D eigenvalue weighted by molar-refractivity contribution is 5.95. The molecule has 5 nitrogen and oxygen atoms in total. The van der Waals surface area contributed by atoms with E-state index in [2.05, 4.69) is 22.9 Å². The van der Waals surface area contributed by atoms with Crippen molar-refractivity contribution >= 4 is 17.6 Å². The number of carbonyl (C=O) groups is 1. The van der Waals surface area contributed by atoms with Gasteiger partial charge in [0, 0.05) is 12.2 Å². The van der Waals surface area contributed by atoms with Gasteiger partial charge in [0.05, 0.1) is 5.69 Å². The number of hydrogen-bond acceptors (Lipinski definition) is 4. The minimum atomic E-state index is -0.575. The van der Waals surface area contributed by atoms with E-state index in [0.717, 1.165) is 31.6 Å². The highest BCUT2D eigenvalue weighted by atomic mass is 16.6. The van der Waals surface area contributed by atoms with Crippen molar-refractivity contribution < 1.29 is 9.53 Å². The maximum atomic E-state index is 12.9. The minimum Gasteiger partial charge on any atom is -0.443 e. The molecule has 150 valence electrons. The number of benzene rings is 1. The van der Waals surface area contributed by atoms with E-state index in [4.69, 9.17) is 4.74 Å². The van der Waals surface area contributed by atoms with Crippen LogP contribution in [0.25, 0.3) is 0 Å². The van der Waals surface area contributed by atoms with E-state index in [1.165, 1.54) is 16.9 Å². The van der Waals surface area contributed by atoms with E-state index in [0.29, 0.717) is 11.9 Å². The molecule has 1 aromatic carbocycles. The Morgan fingerprint density at radius 2 is 1.96 bits per heavy atom. The molecule has 0 spiro atoms. The van der Waals surface area contributed by atoms with Gasteiger partial charge >= 0.3 is 6.09 Å². The molecular weight excluding hydrogens is 350 g/mol. The lowest BCUT2D eigenvalue weighted by molar-refractivity contribution is 0.0598. The third-order valence-corrected chi connectivity index (χ3v) is 4.85. The van der Waals surface area contributed by atoms with Crippen LogP contribution in [-0.4, -0.2) is 34.7 Å². The number of carbonyl (C=O) groups excluding carboxylic acids is 1. The third kappa shape index (κ3) is 4.90. The Balaban J connectivity index is 1.87. The van der Waals surface area contributed by atoms with Gasteiger partial charge in [-0.2, -0.15) is 0 Å². The molecule has 3 rings (SSSR count). The molecule has 1 fully saturated rings. The van der Waals surface area contributed by atoms with E-state index in [1.807, 2.05) is 63.4 Å². The van der Waals surface area contributed by atoms with Crippen molar-refractivity contribution in [3.63, 3.8) is 0 Å². The summed E-state index contributed by atoms with van der Waals surface area (Å²) in [5.41, 5.74) is 1.38. The SMILES string of the molecule is CCCN1CCC[C@@H]1c1ccc(N(C(=O)OC(C)(C)C)c2ccccc2)nc1. The summed E-state index contributed by atoms with van der Waals surface area (Å²) < 4.78 is 5.63. The number of para-hydroxylation sites is 1. The molecule has 0 saturated carbocycles. The number of hydrogen-bond donors (Lipinski definition) is 0. The number of anilines is 2. The molecule has 0 radical (unpaired) electrons. The Bertz CT molecular complexity index is 769. The summed E-state index contributed by atoms with van der Waals surface area (Å²) in [5.74, 6) is 0.573. The second-order valence-corrected chi connectivity index (χ2v) is 8.30. The topological polar surface area (TPSA) is 45.7 Å². The molecule has 1 atom stereocenters. The van der Waals surface area contributed by atoms with Crippen LogP contribution in [-0.2, 0) is 4.74 Å². The van der Waals surface area contributed by atoms with E-state index in [9.17, 15) is 4.79 Å². The molecule has 0 unspecified atom stereocenters. The number of nitrogens with zero attached hydrogens (tertiary/aromatic N) is 3. The first kappa shape index (κ1) is 20.3. The zero-order valence-corrected chi connectivity index (χ0v) is 17.4. The van der Waals surface area contributed by atoms with Gasteiger partial charge in [-0.15, -0.1) is 0 Å². The second kappa shape index (κ2) is 8.74. The Morgan fingerprint density at radius 3 is 2.57 bits per heavy atom. The van der Waals surface area contributed by atoms with Crippen molar-refractivity contribution in [1.29, 1.82) is 0 Å². The standard InChI is InChI=1S/C23H31N3O2/c1-5-15-25-16-9-12-20(25)18-13-14-21(24-17-18)26(19-10-7-6-8-11-19)22(27)28-23(2,3)4/h6-8,10-11,13-14,17,20H,5,9,12,15-16H2,1-4H3/t20-/m1/s1. The summed E-state index contributed by atoms with van der Waals surface area (Å²) >= 11 is 0. The Hall–Kier alpha value is -2.40. The summed E-state index contributed by atoms with van der Waals surface area (Å²) in [6.45, 7) is 10.1. The van der Waals surface area contributed by atoms with Crippen LogP contribution in [0.5, 0.6) is 0 Å². The van der Waals surface area contributed by atoms with E-state index in [1.54, 1.807) is 0 Å². The number of aromatic nitrogens is 1. The van der Waals surface area contributed by atoms with Gasteiger partial charge in [-0.05, 0) is 76.9 Å². The van der Waals surface area contributed by atoms with E-state index < -0.39 is 11.7 Å². The Labute approximate surface area is 168 Å². The third-order valence-electron chi connectivity index (χ3n) is 4.85. The van der Waals surface area contributed by atoms with Crippen molar-refractivity contribution in [2.45, 2.75) is 58.6 Å². The number of ether oxygens (including phenoxy) is 1. The van der Waals surface area contributed by atoms with Crippen LogP contribution >= 0.6 is 0 Å². The molecule has 1 aliphatic rings. The molecular formula is C23H31N3O2. The van der Waals surface area contributed by atoms with E-state index >= 15 is 0 Å². The largest absolute Gasteiger partial charge is 0.443 e. The molecule has 1 aliphatic heterocycles. The molecule has 5 heteroatoms. The lowest BCUT2D eigenvalue weighted by Crippen LogP contribution is -2.34. The van der Waals surface area contributed by atoms with Crippen molar-refractivity contribution in [2.24, 2.45) is 0 Å². The number of amides is 1. The lowest BCUT2D eigenvalue weighted by atomic mass is 10.1. The highest BCUT2D eigenvalue weighted by Crippen LogP contribution is 2.33. The van der Waals surface area contributed by atoms with Gasteiger partial charge in [0.15, 0.2) is 0 Å². The molecule has 2 heterocycles. The van der Waals surface area contributed by atoms with Gasteiger partial charge < -0.3 is 4.74 Å². The van der Waals surface area contributed by atoms with Crippen LogP contribution in [0.3, 0.4) is 0 Å². The van der Waals surface area contributed by atoms with Crippen LogP contribution < -0.4 is 4.90 Å². The summed E-state index contributed by atoms with van der Waals surface area (Å²) in [7, 11) is 0. The normalized spacial score (nSPS) is 17.5. The lowest BCUT2D eigenvalue weighted by Gasteiger charge is -2.27. The number of pyridine rings is 1. The fraction of sp³-hybridized carbons (Fsp3) is 0.478. The monoisotopic (exact) mass is 381 g/mol. The molecule has 0 N–H and O–H groups in total. The molecule has 2 aromatic rings. The summed E-state index contributed by atoms with van der Waals surface area (Å²) in [6, 6.07) is 14.0. The fourth-order valence-electron chi connectivity index (χ4n) is 3.70. The zero-order chi connectivity index (χ0) is 20.1. The molecule has 0 aliphatic carbocycles. The second-order valence-electron chi connectivity index (χ2n) is 8.30. The first-order valence-electron chi connectivity index (χ1n) is 10.2. The Morgan fingerprint density at radius 1 is 1.21 bits per heavy atom. The number of rotatable bonds is 5. The van der Waals surface area contributed by atoms with Crippen LogP contribution in [0.4, 0.5) is 16.3 Å². The first-order valence-corrected chi connectivity index (χ1v) is 10.2. The van der Waals surface area contributed by atoms with Gasteiger partial charge in [-0.1, -0.05) is 31.2 Å². The predicted octanol–water partition coefficient (Wildman–Crippen LogP) is 5.70. The van der Waals surface area contributed by atoms with Crippen molar-refractivity contribution in [3.05, 3.63) is 54.2 Å². The Kier molecular flexibility index (Phi) is 6.35. The molecule has 0 bridgehead atoms. The van der Waals surface area contributed by atoms with Gasteiger partial charge in [0.1, 0.15) is 11.4 Å². The van der Waals surface area contributed by atoms with Gasteiger partial charge in [-0.3, -0.25) is 4.90 Å². The van der Waals surface area contributed by atoms with Gasteiger partial charge in [0.2, 0.25) is 0 Å². The summed E-state index contributed by atoms with van der Waals surface area (Å²) in [5, 5.41) is 0. The van der Waals surface area contributed by atoms with Crippen LogP contribution in [0.15, 0.2) is 48.7 Å². The molecule has 1 saturated heterocycles. The molecule has 1 aromatic heterocycles. The van der Waals surface area contributed by atoms with Crippen LogP contribution in [0, 0.1) is 0 Å². The minimum absolute atomic E-state index is 0.424. The zero-order valence-electron chi connectivity index (χ0n) is 17.4. The maximum Gasteiger partial charge on any atom is 0.420 e. The average Bonchev–Trinajstić information content (AvgIpc) is 3.11. The maximum absolute atomic E-state index is 12.9. The van der Waals surface area contributed by atoms with Crippen molar-refractivity contribution in [3.8, 4) is 0 Å². The molecule has 28 heavy (non-hydrogen) atoms. The first-order chi connectivity index (χ1) is 13.4. The van der Waals surface area contributed by atoms with Crippen LogP contribution in [0.2, 0.25) is 0 Å². The quantitative estimate of drug-likeness (QED) is 0.666. The van der Waals surface area contributed by atoms with E-state index in [-0.39, 0.29) is 0 Å².